The maximum Gasteiger partial charge on any atom is 0.413 e. The lowest BCUT2D eigenvalue weighted by molar-refractivity contribution is -0.259. The van der Waals surface area contributed by atoms with Crippen LogP contribution in [0.15, 0.2) is 12.1 Å². The molecule has 0 amide bonds. The molecule has 1 unspecified atom stereocenters. The van der Waals surface area contributed by atoms with Gasteiger partial charge in [-0.3, -0.25) is 14.5 Å². The summed E-state index contributed by atoms with van der Waals surface area (Å²) in [4.78, 5) is 19.6. The van der Waals surface area contributed by atoms with E-state index in [2.05, 4.69) is 0 Å². The summed E-state index contributed by atoms with van der Waals surface area (Å²) in [6, 6.07) is 3.40. The number of rotatable bonds is 6. The number of ether oxygens (including phenoxy) is 3. The molecule has 10 heteroatoms. The first-order valence-corrected chi connectivity index (χ1v) is 8.88. The van der Waals surface area contributed by atoms with Crippen LogP contribution >= 0.6 is 0 Å². The van der Waals surface area contributed by atoms with Gasteiger partial charge in [-0.2, -0.15) is 18.2 Å². The van der Waals surface area contributed by atoms with Crippen molar-refractivity contribution in [3.8, 4) is 11.5 Å². The highest BCUT2D eigenvalue weighted by molar-refractivity contribution is 6.02. The van der Waals surface area contributed by atoms with Crippen LogP contribution in [0.1, 0.15) is 15.9 Å². The number of methoxy groups -OCH3 is 2. The van der Waals surface area contributed by atoms with Gasteiger partial charge >= 0.3 is 6.18 Å². The second-order valence-corrected chi connectivity index (χ2v) is 6.65. The smallest absolute Gasteiger partial charge is 0.413 e. The lowest BCUT2D eigenvalue weighted by atomic mass is 9.96. The van der Waals surface area contributed by atoms with Crippen LogP contribution in [-0.4, -0.2) is 81.6 Å². The molecule has 0 aromatic heterocycles. The second kappa shape index (κ2) is 8.64. The average molecular weight is 404 g/mol. The highest BCUT2D eigenvalue weighted by Gasteiger charge is 2.33. The molecule has 0 bridgehead atoms. The monoisotopic (exact) mass is 404 g/mol. The van der Waals surface area contributed by atoms with Crippen LogP contribution in [0.5, 0.6) is 11.5 Å². The van der Waals surface area contributed by atoms with Gasteiger partial charge in [-0.25, -0.2) is 0 Å². The summed E-state index contributed by atoms with van der Waals surface area (Å²) in [6.07, 6.45) is -4.98. The first-order valence-electron chi connectivity index (χ1n) is 8.88. The summed E-state index contributed by atoms with van der Waals surface area (Å²) in [6.45, 7) is 1.00. The van der Waals surface area contributed by atoms with Crippen LogP contribution in [0.25, 0.3) is 0 Å². The minimum Gasteiger partial charge on any atom is -0.493 e. The van der Waals surface area contributed by atoms with E-state index in [1.165, 1.54) is 19.3 Å². The van der Waals surface area contributed by atoms with Crippen molar-refractivity contribution in [1.82, 2.24) is 9.96 Å². The van der Waals surface area contributed by atoms with Gasteiger partial charge in [-0.05, 0) is 17.7 Å². The Morgan fingerprint density at radius 3 is 2.36 bits per heavy atom. The zero-order chi connectivity index (χ0) is 20.3. The third kappa shape index (κ3) is 4.93. The molecule has 28 heavy (non-hydrogen) atoms. The first kappa shape index (κ1) is 20.8. The van der Waals surface area contributed by atoms with Gasteiger partial charge < -0.3 is 14.2 Å². The molecule has 3 rings (SSSR count). The molecule has 1 atom stereocenters. The van der Waals surface area contributed by atoms with Gasteiger partial charge in [0.05, 0.1) is 20.8 Å². The van der Waals surface area contributed by atoms with Gasteiger partial charge in [-0.1, -0.05) is 0 Å². The fourth-order valence-corrected chi connectivity index (χ4v) is 3.29. The van der Waals surface area contributed by atoms with Crippen LogP contribution in [0.2, 0.25) is 0 Å². The van der Waals surface area contributed by atoms with Gasteiger partial charge in [0, 0.05) is 38.3 Å². The summed E-state index contributed by atoms with van der Waals surface area (Å²) in [5, 5.41) is 1.31. The van der Waals surface area contributed by atoms with E-state index in [1.54, 1.807) is 12.1 Å². The molecule has 2 aliphatic rings. The van der Waals surface area contributed by atoms with Crippen molar-refractivity contribution in [3.05, 3.63) is 23.3 Å². The van der Waals surface area contributed by atoms with Crippen molar-refractivity contribution in [1.29, 1.82) is 0 Å². The Kier molecular flexibility index (Phi) is 6.43. The topological polar surface area (TPSA) is 60.5 Å². The fourth-order valence-electron chi connectivity index (χ4n) is 3.29. The molecule has 0 saturated carbocycles. The van der Waals surface area contributed by atoms with Crippen molar-refractivity contribution in [3.63, 3.8) is 0 Å². The summed E-state index contributed by atoms with van der Waals surface area (Å²) in [5.41, 5.74) is 1.28. The Labute approximate surface area is 160 Å². The molecular formula is C18H23F3N2O5. The molecule has 2 aliphatic heterocycles. The van der Waals surface area contributed by atoms with Crippen molar-refractivity contribution in [2.24, 2.45) is 0 Å². The van der Waals surface area contributed by atoms with Gasteiger partial charge in [0.1, 0.15) is 6.10 Å². The van der Waals surface area contributed by atoms with E-state index in [-0.39, 0.29) is 12.4 Å². The number of ketones is 1. The number of carbonyl (C=O) groups excluding carboxylic acids is 1. The van der Waals surface area contributed by atoms with E-state index in [4.69, 9.17) is 19.0 Å². The molecule has 0 N–H and O–H groups in total. The standard InChI is InChI=1S/C18H23F3N2O5/c1-25-14-7-12-10-27-16(17(24)13(12)8-15(14)26-2)9-22-3-5-23(6-4-22)28-11-18(19,20)21/h7-8,16H,3-6,9-11H2,1-2H3. The number of fused-ring (bicyclic) bond motifs is 1. The van der Waals surface area contributed by atoms with E-state index in [1.807, 2.05) is 4.90 Å². The van der Waals surface area contributed by atoms with E-state index >= 15 is 0 Å². The van der Waals surface area contributed by atoms with Crippen molar-refractivity contribution in [2.45, 2.75) is 18.9 Å². The lowest BCUT2D eigenvalue weighted by Gasteiger charge is -2.36. The number of alkyl halides is 3. The highest BCUT2D eigenvalue weighted by Crippen LogP contribution is 2.34. The minimum absolute atomic E-state index is 0.141. The lowest BCUT2D eigenvalue weighted by Crippen LogP contribution is -2.51. The molecule has 7 nitrogen and oxygen atoms in total. The Balaban J connectivity index is 1.56. The van der Waals surface area contributed by atoms with Crippen LogP contribution in [0.3, 0.4) is 0 Å². The maximum absolute atomic E-state index is 12.8. The number of carbonyl (C=O) groups is 1. The molecule has 1 saturated heterocycles. The normalized spacial score (nSPS) is 21.5. The fraction of sp³-hybridized carbons (Fsp3) is 0.611. The number of piperazine rings is 1. The zero-order valence-corrected chi connectivity index (χ0v) is 15.8. The Hall–Kier alpha value is -1.88. The van der Waals surface area contributed by atoms with Crippen molar-refractivity contribution < 1.29 is 37.0 Å². The quantitative estimate of drug-likeness (QED) is 0.718. The molecule has 1 fully saturated rings. The van der Waals surface area contributed by atoms with E-state index in [0.717, 1.165) is 5.56 Å². The average Bonchev–Trinajstić information content (AvgIpc) is 2.68. The van der Waals surface area contributed by atoms with Crippen LogP contribution < -0.4 is 9.47 Å². The second-order valence-electron chi connectivity index (χ2n) is 6.65. The van der Waals surface area contributed by atoms with E-state index < -0.39 is 18.9 Å². The van der Waals surface area contributed by atoms with Crippen LogP contribution in [-0.2, 0) is 16.2 Å². The van der Waals surface area contributed by atoms with Crippen molar-refractivity contribution >= 4 is 5.78 Å². The first-order chi connectivity index (χ1) is 13.3. The number of hydroxylamine groups is 2. The molecule has 156 valence electrons. The highest BCUT2D eigenvalue weighted by atomic mass is 19.4. The molecule has 1 aromatic rings. The number of hydrogen-bond donors (Lipinski definition) is 0. The molecule has 2 heterocycles. The third-order valence-electron chi connectivity index (χ3n) is 4.77. The predicted molar refractivity (Wildman–Crippen MR) is 92.5 cm³/mol. The van der Waals surface area contributed by atoms with Crippen LogP contribution in [0, 0.1) is 0 Å². The zero-order valence-electron chi connectivity index (χ0n) is 15.8. The van der Waals surface area contributed by atoms with E-state index in [9.17, 15) is 18.0 Å². The Bertz CT molecular complexity index is 705. The SMILES string of the molecule is COc1cc2c(cc1OC)C(=O)C(CN1CCN(OCC(F)(F)F)CC1)OC2. The summed E-state index contributed by atoms with van der Waals surface area (Å²) < 4.78 is 52.9. The molecule has 0 aliphatic carbocycles. The minimum atomic E-state index is -4.35. The number of benzene rings is 1. The number of hydrogen-bond acceptors (Lipinski definition) is 7. The maximum atomic E-state index is 12.8. The third-order valence-corrected chi connectivity index (χ3v) is 4.77. The van der Waals surface area contributed by atoms with Gasteiger partial charge in [0.2, 0.25) is 0 Å². The van der Waals surface area contributed by atoms with Crippen molar-refractivity contribution in [2.75, 3.05) is 53.6 Å². The number of halogens is 3. The largest absolute Gasteiger partial charge is 0.493 e. The summed E-state index contributed by atoms with van der Waals surface area (Å²) in [5.74, 6) is 0.870. The number of nitrogens with zero attached hydrogens (tertiary/aromatic N) is 2. The summed E-state index contributed by atoms with van der Waals surface area (Å²) in [7, 11) is 3.03. The van der Waals surface area contributed by atoms with Gasteiger partial charge in [0.25, 0.3) is 0 Å². The number of Topliss-reactive ketones (excluding diaryl/α,β-unsaturated/α-hetero) is 1. The van der Waals surface area contributed by atoms with Crippen LogP contribution in [0.4, 0.5) is 13.2 Å². The molecule has 0 radical (unpaired) electrons. The van der Waals surface area contributed by atoms with Gasteiger partial charge in [0.15, 0.2) is 23.9 Å². The van der Waals surface area contributed by atoms with Gasteiger partial charge in [-0.15, -0.1) is 0 Å². The molecule has 0 spiro atoms. The Morgan fingerprint density at radius 1 is 1.11 bits per heavy atom. The molecular weight excluding hydrogens is 381 g/mol. The predicted octanol–water partition coefficient (Wildman–Crippen LogP) is 1.90. The Morgan fingerprint density at radius 2 is 1.75 bits per heavy atom. The van der Waals surface area contributed by atoms with E-state index in [0.29, 0.717) is 49.8 Å². The summed E-state index contributed by atoms with van der Waals surface area (Å²) >= 11 is 0. The molecule has 1 aromatic carbocycles.